The summed E-state index contributed by atoms with van der Waals surface area (Å²) in [5.74, 6) is 1.09. The van der Waals surface area contributed by atoms with Crippen molar-refractivity contribution in [1.29, 1.82) is 0 Å². The maximum atomic E-state index is 12.6. The number of piperidine rings is 1. The van der Waals surface area contributed by atoms with Gasteiger partial charge in [0.15, 0.2) is 14.6 Å². The molecular formula is C16H31ClN2O3S. The molecule has 1 heterocycles. The molecular weight excluding hydrogens is 336 g/mol. The van der Waals surface area contributed by atoms with Crippen molar-refractivity contribution in [2.45, 2.75) is 56.6 Å². The van der Waals surface area contributed by atoms with E-state index in [1.54, 1.807) is 0 Å². The summed E-state index contributed by atoms with van der Waals surface area (Å²) in [5, 5.41) is 6.06. The molecule has 1 aliphatic heterocycles. The molecule has 2 aliphatic rings. The maximum absolute atomic E-state index is 12.6. The van der Waals surface area contributed by atoms with E-state index >= 15 is 0 Å². The molecule has 1 saturated carbocycles. The summed E-state index contributed by atoms with van der Waals surface area (Å²) in [5.41, 5.74) is 0. The summed E-state index contributed by atoms with van der Waals surface area (Å²) in [6.45, 7) is 4.05. The van der Waals surface area contributed by atoms with E-state index in [4.69, 9.17) is 0 Å². The number of carbonyl (C=O) groups excluding carboxylic acids is 1. The van der Waals surface area contributed by atoms with E-state index in [2.05, 4.69) is 17.6 Å². The lowest BCUT2D eigenvalue weighted by molar-refractivity contribution is -0.124. The van der Waals surface area contributed by atoms with Crippen LogP contribution in [0.25, 0.3) is 0 Å². The highest BCUT2D eigenvalue weighted by Crippen LogP contribution is 2.32. The molecule has 2 N–H and O–H groups in total. The molecule has 5 nitrogen and oxygen atoms in total. The number of sulfone groups is 1. The highest BCUT2D eigenvalue weighted by atomic mass is 35.5. The highest BCUT2D eigenvalue weighted by molar-refractivity contribution is 7.92. The topological polar surface area (TPSA) is 75.3 Å². The van der Waals surface area contributed by atoms with Crippen LogP contribution in [0.5, 0.6) is 0 Å². The highest BCUT2D eigenvalue weighted by Gasteiger charge is 2.48. The van der Waals surface area contributed by atoms with Crippen LogP contribution in [0.4, 0.5) is 0 Å². The van der Waals surface area contributed by atoms with Gasteiger partial charge in [0.05, 0.1) is 0 Å². The number of hydrogen-bond acceptors (Lipinski definition) is 4. The monoisotopic (exact) mass is 366 g/mol. The van der Waals surface area contributed by atoms with Crippen LogP contribution in [0, 0.1) is 11.8 Å². The zero-order valence-corrected chi connectivity index (χ0v) is 15.9. The molecule has 23 heavy (non-hydrogen) atoms. The standard InChI is InChI=1S/C16H30N2O3S.ClH/c1-13-5-3-4-6-14(13)7-10-18-15(19)16(22(2,20)21)8-11-17-12-9-16;/h13-14,17H,3-12H2,1-2H3,(H,18,19);1H. The van der Waals surface area contributed by atoms with E-state index in [0.717, 1.165) is 6.42 Å². The molecule has 7 heteroatoms. The Labute approximate surface area is 146 Å². The molecule has 0 aromatic rings. The minimum absolute atomic E-state index is 0. The van der Waals surface area contributed by atoms with Crippen LogP contribution in [0.15, 0.2) is 0 Å². The summed E-state index contributed by atoms with van der Waals surface area (Å²) in [7, 11) is -3.40. The lowest BCUT2D eigenvalue weighted by atomic mass is 9.78. The van der Waals surface area contributed by atoms with E-state index in [1.807, 2.05) is 0 Å². The lowest BCUT2D eigenvalue weighted by Crippen LogP contribution is -2.57. The molecule has 0 radical (unpaired) electrons. The van der Waals surface area contributed by atoms with Gasteiger partial charge in [-0.05, 0) is 44.2 Å². The third-order valence-corrected chi connectivity index (χ3v) is 7.64. The van der Waals surface area contributed by atoms with Gasteiger partial charge in [0.2, 0.25) is 5.91 Å². The number of nitrogens with one attached hydrogen (secondary N) is 2. The van der Waals surface area contributed by atoms with Gasteiger partial charge in [-0.3, -0.25) is 4.79 Å². The van der Waals surface area contributed by atoms with Gasteiger partial charge in [-0.25, -0.2) is 8.42 Å². The van der Waals surface area contributed by atoms with Crippen LogP contribution in [0.1, 0.15) is 51.9 Å². The average molecular weight is 367 g/mol. The van der Waals surface area contributed by atoms with E-state index in [1.165, 1.54) is 31.9 Å². The first kappa shape index (κ1) is 20.7. The molecule has 2 rings (SSSR count). The van der Waals surface area contributed by atoms with Crippen LogP contribution in [0.3, 0.4) is 0 Å². The Morgan fingerprint density at radius 2 is 1.83 bits per heavy atom. The second-order valence-corrected chi connectivity index (χ2v) is 9.41. The summed E-state index contributed by atoms with van der Waals surface area (Å²) < 4.78 is 23.1. The number of amides is 1. The molecule has 136 valence electrons. The Morgan fingerprint density at radius 1 is 1.22 bits per heavy atom. The molecule has 2 unspecified atom stereocenters. The second-order valence-electron chi connectivity index (χ2n) is 7.08. The minimum Gasteiger partial charge on any atom is -0.355 e. The Morgan fingerprint density at radius 3 is 2.39 bits per heavy atom. The minimum atomic E-state index is -3.40. The van der Waals surface area contributed by atoms with Crippen molar-refractivity contribution in [2.75, 3.05) is 25.9 Å². The molecule has 1 saturated heterocycles. The predicted molar refractivity (Wildman–Crippen MR) is 95.7 cm³/mol. The summed E-state index contributed by atoms with van der Waals surface area (Å²) in [6.07, 6.45) is 8.01. The van der Waals surface area contributed by atoms with Crippen LogP contribution >= 0.6 is 12.4 Å². The smallest absolute Gasteiger partial charge is 0.241 e. The first-order valence-corrected chi connectivity index (χ1v) is 10.4. The quantitative estimate of drug-likeness (QED) is 0.779. The average Bonchev–Trinajstić information content (AvgIpc) is 2.48. The molecule has 2 atom stereocenters. The fraction of sp³-hybridized carbons (Fsp3) is 0.938. The molecule has 0 bridgehead atoms. The van der Waals surface area contributed by atoms with Crippen molar-refractivity contribution >= 4 is 28.2 Å². The van der Waals surface area contributed by atoms with E-state index in [-0.39, 0.29) is 18.3 Å². The number of rotatable bonds is 5. The van der Waals surface area contributed by atoms with Crippen molar-refractivity contribution in [3.05, 3.63) is 0 Å². The van der Waals surface area contributed by atoms with Crippen molar-refractivity contribution in [3.63, 3.8) is 0 Å². The lowest BCUT2D eigenvalue weighted by Gasteiger charge is -2.35. The van der Waals surface area contributed by atoms with Gasteiger partial charge in [0.1, 0.15) is 0 Å². The summed E-state index contributed by atoms with van der Waals surface area (Å²) in [4.78, 5) is 12.6. The van der Waals surface area contributed by atoms with Gasteiger partial charge in [0.25, 0.3) is 0 Å². The SMILES string of the molecule is CC1CCCCC1CCNC(=O)C1(S(C)(=O)=O)CCNCC1.Cl. The molecule has 1 amide bonds. The van der Waals surface area contributed by atoms with Gasteiger partial charge in [0, 0.05) is 12.8 Å². The first-order chi connectivity index (χ1) is 10.4. The largest absolute Gasteiger partial charge is 0.355 e. The normalized spacial score (nSPS) is 27.7. The third-order valence-electron chi connectivity index (χ3n) is 5.62. The van der Waals surface area contributed by atoms with E-state index in [9.17, 15) is 13.2 Å². The van der Waals surface area contributed by atoms with E-state index in [0.29, 0.717) is 44.3 Å². The zero-order chi connectivity index (χ0) is 16.2. The Balaban J connectivity index is 0.00000264. The molecule has 0 aromatic heterocycles. The van der Waals surface area contributed by atoms with Gasteiger partial charge >= 0.3 is 0 Å². The fourth-order valence-corrected chi connectivity index (χ4v) is 5.31. The van der Waals surface area contributed by atoms with Gasteiger partial charge < -0.3 is 10.6 Å². The Kier molecular flexibility index (Phi) is 7.81. The number of carbonyl (C=O) groups is 1. The second kappa shape index (κ2) is 8.67. The maximum Gasteiger partial charge on any atom is 0.241 e. The summed E-state index contributed by atoms with van der Waals surface area (Å²) >= 11 is 0. The van der Waals surface area contributed by atoms with Crippen LogP contribution < -0.4 is 10.6 Å². The van der Waals surface area contributed by atoms with Crippen LogP contribution in [-0.2, 0) is 14.6 Å². The fourth-order valence-electron chi connectivity index (χ4n) is 3.95. The zero-order valence-electron chi connectivity index (χ0n) is 14.3. The summed E-state index contributed by atoms with van der Waals surface area (Å²) in [6, 6.07) is 0. The van der Waals surface area contributed by atoms with Crippen molar-refractivity contribution in [2.24, 2.45) is 11.8 Å². The predicted octanol–water partition coefficient (Wildman–Crippen LogP) is 1.91. The van der Waals surface area contributed by atoms with E-state index < -0.39 is 14.6 Å². The Hall–Kier alpha value is -0.330. The van der Waals surface area contributed by atoms with Crippen molar-refractivity contribution < 1.29 is 13.2 Å². The molecule has 0 spiro atoms. The number of halogens is 1. The van der Waals surface area contributed by atoms with Gasteiger partial charge in [-0.15, -0.1) is 12.4 Å². The molecule has 2 fully saturated rings. The van der Waals surface area contributed by atoms with Crippen molar-refractivity contribution in [1.82, 2.24) is 10.6 Å². The Bertz CT molecular complexity index is 490. The third kappa shape index (κ3) is 4.83. The van der Waals surface area contributed by atoms with Crippen LogP contribution in [0.2, 0.25) is 0 Å². The van der Waals surface area contributed by atoms with Gasteiger partial charge in [-0.1, -0.05) is 32.6 Å². The molecule has 0 aromatic carbocycles. The molecule has 1 aliphatic carbocycles. The van der Waals surface area contributed by atoms with Crippen LogP contribution in [-0.4, -0.2) is 45.0 Å². The van der Waals surface area contributed by atoms with Crippen molar-refractivity contribution in [3.8, 4) is 0 Å². The first-order valence-electron chi connectivity index (χ1n) is 8.55. The van der Waals surface area contributed by atoms with Gasteiger partial charge in [-0.2, -0.15) is 0 Å². The number of hydrogen-bond donors (Lipinski definition) is 2.